The first kappa shape index (κ1) is 99.4. The Labute approximate surface area is 624 Å². The molecule has 0 aliphatic rings. The Morgan fingerprint density at radius 2 is 0.505 bits per heavy atom. The molecule has 0 aliphatic carbocycles. The van der Waals surface area contributed by atoms with E-state index in [1.165, 1.54) is 255 Å². The Balaban J connectivity index is 4.06. The van der Waals surface area contributed by atoms with Crippen molar-refractivity contribution in [2.75, 3.05) is 107 Å². The standard InChI is InChI=1S/C80H158N2O16P2S/c1-9-11-13-15-17-19-21-25-31-37-43-49-55-61-77(83)91-71-75(73-95-99(87,88)93-67-65-81(3,4)5)97-79(85)63-57-51-45-39-33-27-23-29-35-41-47-53-59-69-101-70-60-54-48-42-36-30-24-28-34-40-46-52-58-64-80(86)98-76(74-96-100(89,90)94-68-66-82(6,7)8)72-92-78(84)62-56-50-44-38-32-26-22-20-18-16-14-12-10-2/h75-76H,9-74H2,1-8H3/t75-,76+. The van der Waals surface area contributed by atoms with Gasteiger partial charge in [0.1, 0.15) is 39.5 Å². The second-order valence-electron chi connectivity index (χ2n) is 31.1. The minimum absolute atomic E-state index is 0.0413. The van der Waals surface area contributed by atoms with E-state index in [2.05, 4.69) is 25.6 Å². The number of esters is 4. The lowest BCUT2D eigenvalue weighted by molar-refractivity contribution is -0.870. The van der Waals surface area contributed by atoms with Crippen LogP contribution >= 0.6 is 27.4 Å². The molecule has 0 aliphatic heterocycles. The molecule has 2 unspecified atom stereocenters. The average Bonchev–Trinajstić information content (AvgIpc) is 0.942. The van der Waals surface area contributed by atoms with Gasteiger partial charge in [-0.2, -0.15) is 11.8 Å². The summed E-state index contributed by atoms with van der Waals surface area (Å²) in [5, 5.41) is 0. The Morgan fingerprint density at radius 3 is 0.733 bits per heavy atom. The van der Waals surface area contributed by atoms with E-state index in [1.54, 1.807) is 0 Å². The zero-order chi connectivity index (χ0) is 74.5. The van der Waals surface area contributed by atoms with Gasteiger partial charge in [-0.1, -0.05) is 309 Å². The maximum Gasteiger partial charge on any atom is 0.306 e. The number of likely N-dealkylation sites (N-methyl/N-ethyl adjacent to an activating group) is 2. The van der Waals surface area contributed by atoms with E-state index < -0.39 is 64.9 Å². The summed E-state index contributed by atoms with van der Waals surface area (Å²) in [6.07, 6.45) is 61.3. The van der Waals surface area contributed by atoms with Gasteiger partial charge in [-0.25, -0.2) is 0 Å². The number of phosphoric ester groups is 2. The zero-order valence-corrected chi connectivity index (χ0v) is 69.2. The van der Waals surface area contributed by atoms with Crippen LogP contribution in [0.4, 0.5) is 0 Å². The molecule has 101 heavy (non-hydrogen) atoms. The number of quaternary nitrogens is 2. The molecule has 18 nitrogen and oxygen atoms in total. The van der Waals surface area contributed by atoms with E-state index in [1.807, 2.05) is 42.3 Å². The van der Waals surface area contributed by atoms with Gasteiger partial charge in [0.15, 0.2) is 12.2 Å². The molecule has 4 atom stereocenters. The van der Waals surface area contributed by atoms with Crippen molar-refractivity contribution >= 4 is 51.3 Å². The van der Waals surface area contributed by atoms with Crippen LogP contribution in [0.3, 0.4) is 0 Å². The quantitative estimate of drug-likeness (QED) is 0.0181. The van der Waals surface area contributed by atoms with Gasteiger partial charge in [-0.3, -0.25) is 28.3 Å². The molecule has 0 radical (unpaired) electrons. The van der Waals surface area contributed by atoms with Gasteiger partial charge >= 0.3 is 23.9 Å². The summed E-state index contributed by atoms with van der Waals surface area (Å²) in [6.45, 7) is 3.85. The number of nitrogens with zero attached hydrogens (tertiary/aromatic N) is 2. The molecular formula is C80H158N2O16P2S. The molecule has 0 N–H and O–H groups in total. The number of carbonyl (C=O) groups is 4. The van der Waals surface area contributed by atoms with Crippen molar-refractivity contribution in [3.05, 3.63) is 0 Å². The number of unbranched alkanes of at least 4 members (excludes halogenated alkanes) is 48. The van der Waals surface area contributed by atoms with Gasteiger partial charge in [0, 0.05) is 25.7 Å². The summed E-state index contributed by atoms with van der Waals surface area (Å²) in [5.41, 5.74) is 0. The fourth-order valence-electron chi connectivity index (χ4n) is 12.0. The first-order valence-electron chi connectivity index (χ1n) is 41.7. The molecule has 0 aromatic carbocycles. The summed E-state index contributed by atoms with van der Waals surface area (Å²) in [6, 6.07) is 0. The molecule has 0 bridgehead atoms. The molecule has 0 spiro atoms. The second kappa shape index (κ2) is 70.1. The summed E-state index contributed by atoms with van der Waals surface area (Å²) in [5.74, 6) is 0.863. The largest absolute Gasteiger partial charge is 0.756 e. The van der Waals surface area contributed by atoms with Crippen LogP contribution in [0.2, 0.25) is 0 Å². The summed E-state index contributed by atoms with van der Waals surface area (Å²) >= 11 is 2.13. The molecule has 21 heteroatoms. The van der Waals surface area contributed by atoms with Gasteiger partial charge in [-0.15, -0.1) is 0 Å². The van der Waals surface area contributed by atoms with E-state index in [4.69, 9.17) is 37.0 Å². The molecule has 0 saturated carbocycles. The molecule has 600 valence electrons. The lowest BCUT2D eigenvalue weighted by Gasteiger charge is -2.28. The smallest absolute Gasteiger partial charge is 0.306 e. The van der Waals surface area contributed by atoms with E-state index in [-0.39, 0.29) is 52.1 Å². The molecule has 0 heterocycles. The number of hydrogen-bond acceptors (Lipinski definition) is 17. The molecule has 0 aromatic heterocycles. The number of thioether (sulfide) groups is 1. The van der Waals surface area contributed by atoms with E-state index in [0.29, 0.717) is 34.9 Å². The molecule has 0 fully saturated rings. The first-order valence-corrected chi connectivity index (χ1v) is 45.7. The number of carbonyl (C=O) groups excluding carboxylic acids is 4. The third kappa shape index (κ3) is 77.8. The predicted octanol–water partition coefficient (Wildman–Crippen LogP) is 20.9. The number of ether oxygens (including phenoxy) is 4. The van der Waals surface area contributed by atoms with Crippen molar-refractivity contribution in [2.24, 2.45) is 0 Å². The third-order valence-corrected chi connectivity index (χ3v) is 21.7. The van der Waals surface area contributed by atoms with Crippen molar-refractivity contribution in [1.29, 1.82) is 0 Å². The van der Waals surface area contributed by atoms with Crippen LogP contribution in [0.15, 0.2) is 0 Å². The Hall–Kier alpha value is -1.63. The van der Waals surface area contributed by atoms with Crippen LogP contribution in [-0.2, 0) is 65.4 Å². The van der Waals surface area contributed by atoms with E-state index in [0.717, 1.165) is 77.0 Å². The maximum absolute atomic E-state index is 12.9. The summed E-state index contributed by atoms with van der Waals surface area (Å²) < 4.78 is 68.4. The normalized spacial score (nSPS) is 13.8. The SMILES string of the molecule is CCCCCCCCCCCCCCCC(=O)OC[C@H](COP(=O)([O-])OCC[N+](C)(C)C)OC(=O)CCCCCCCCCCCCCCCSCCCCCCCCCCCCCCCC(=O)O[C@@H](COC(=O)CCCCCCCCCCCCCCC)COP(=O)([O-])OCC[N+](C)(C)C. The number of rotatable bonds is 80. The highest BCUT2D eigenvalue weighted by molar-refractivity contribution is 7.99. The lowest BCUT2D eigenvalue weighted by Crippen LogP contribution is -2.37. The maximum atomic E-state index is 12.9. The monoisotopic (exact) mass is 1500 g/mol. The molecular weight excluding hydrogens is 1340 g/mol. The fourth-order valence-corrected chi connectivity index (χ4v) is 14.5. The molecule has 0 rings (SSSR count). The molecule has 0 amide bonds. The van der Waals surface area contributed by atoms with E-state index in [9.17, 15) is 38.1 Å². The van der Waals surface area contributed by atoms with Crippen molar-refractivity contribution in [3.8, 4) is 0 Å². The van der Waals surface area contributed by atoms with Crippen LogP contribution in [0, 0.1) is 0 Å². The molecule has 0 saturated heterocycles. The van der Waals surface area contributed by atoms with Crippen molar-refractivity contribution in [3.63, 3.8) is 0 Å². The average molecular weight is 1500 g/mol. The zero-order valence-electron chi connectivity index (χ0n) is 66.6. The van der Waals surface area contributed by atoms with E-state index >= 15 is 0 Å². The highest BCUT2D eigenvalue weighted by Crippen LogP contribution is 2.39. The topological polar surface area (TPSA) is 222 Å². The Morgan fingerprint density at radius 1 is 0.297 bits per heavy atom. The van der Waals surface area contributed by atoms with Crippen molar-refractivity contribution < 1.29 is 84.1 Å². The fraction of sp³-hybridized carbons (Fsp3) is 0.950. The van der Waals surface area contributed by atoms with Gasteiger partial charge in [-0.05, 0) is 50.0 Å². The van der Waals surface area contributed by atoms with Gasteiger partial charge in [0.25, 0.3) is 15.6 Å². The van der Waals surface area contributed by atoms with Crippen LogP contribution < -0.4 is 9.79 Å². The van der Waals surface area contributed by atoms with Crippen LogP contribution in [-0.4, -0.2) is 152 Å². The highest BCUT2D eigenvalue weighted by Gasteiger charge is 2.24. The first-order chi connectivity index (χ1) is 48.6. The molecule has 0 aromatic rings. The Bertz CT molecular complexity index is 1860. The van der Waals surface area contributed by atoms with Crippen molar-refractivity contribution in [1.82, 2.24) is 0 Å². The summed E-state index contributed by atoms with van der Waals surface area (Å²) in [7, 11) is 2.28. The van der Waals surface area contributed by atoms with Crippen molar-refractivity contribution in [2.45, 2.75) is 386 Å². The van der Waals surface area contributed by atoms with Crippen LogP contribution in [0.25, 0.3) is 0 Å². The predicted molar refractivity (Wildman–Crippen MR) is 414 cm³/mol. The Kier molecular flexibility index (Phi) is 68.9. The van der Waals surface area contributed by atoms with Gasteiger partial charge < -0.3 is 55.8 Å². The number of phosphoric acid groups is 2. The second-order valence-corrected chi connectivity index (χ2v) is 35.1. The third-order valence-electron chi connectivity index (χ3n) is 18.6. The van der Waals surface area contributed by atoms with Crippen LogP contribution in [0.1, 0.15) is 373 Å². The lowest BCUT2D eigenvalue weighted by atomic mass is 10.0. The highest BCUT2D eigenvalue weighted by atomic mass is 32.2. The van der Waals surface area contributed by atoms with Crippen LogP contribution in [0.5, 0.6) is 0 Å². The minimum atomic E-state index is -4.65. The minimum Gasteiger partial charge on any atom is -0.756 e. The van der Waals surface area contributed by atoms with Gasteiger partial charge in [0.2, 0.25) is 0 Å². The van der Waals surface area contributed by atoms with Gasteiger partial charge in [0.05, 0.1) is 55.5 Å². The summed E-state index contributed by atoms with van der Waals surface area (Å²) in [4.78, 5) is 75.9. The number of hydrogen-bond donors (Lipinski definition) is 0.